The molecule has 1 aromatic carbocycles. The molecule has 0 saturated carbocycles. The molecule has 130 valence electrons. The lowest BCUT2D eigenvalue weighted by molar-refractivity contribution is -0.127. The average molecular weight is 339 g/mol. The quantitative estimate of drug-likeness (QED) is 0.876. The highest BCUT2D eigenvalue weighted by Gasteiger charge is 2.22. The Labute approximate surface area is 146 Å². The largest absolute Gasteiger partial charge is 0.481 e. The van der Waals surface area contributed by atoms with Crippen LogP contribution in [0.25, 0.3) is 0 Å². The molecule has 1 atom stereocenters. The SMILES string of the molecule is C[C@H](Oc1ccccc1)C(=O)NCc1cncc(N2CCCC2=O)c1. The molecule has 2 amide bonds. The summed E-state index contributed by atoms with van der Waals surface area (Å²) in [6.07, 6.45) is 4.21. The molecule has 1 N–H and O–H groups in total. The molecule has 0 aliphatic carbocycles. The fourth-order valence-electron chi connectivity index (χ4n) is 2.73. The van der Waals surface area contributed by atoms with Crippen LogP contribution in [0.5, 0.6) is 5.75 Å². The van der Waals surface area contributed by atoms with Gasteiger partial charge in [-0.05, 0) is 37.1 Å². The number of carbonyl (C=O) groups excluding carboxylic acids is 2. The average Bonchev–Trinajstić information content (AvgIpc) is 3.07. The van der Waals surface area contributed by atoms with Crippen molar-refractivity contribution in [1.29, 1.82) is 0 Å². The molecular formula is C19H21N3O3. The molecule has 1 aromatic heterocycles. The standard InChI is InChI=1S/C19H21N3O3/c1-14(25-17-6-3-2-4-7-17)19(24)21-12-15-10-16(13-20-11-15)22-9-5-8-18(22)23/h2-4,6-7,10-11,13-14H,5,8-9,12H2,1H3,(H,21,24)/t14-/m0/s1. The molecule has 1 saturated heterocycles. The minimum Gasteiger partial charge on any atom is -0.481 e. The second kappa shape index (κ2) is 7.79. The number of ether oxygens (including phenoxy) is 1. The molecule has 0 spiro atoms. The summed E-state index contributed by atoms with van der Waals surface area (Å²) in [6.45, 7) is 2.77. The molecular weight excluding hydrogens is 318 g/mol. The first kappa shape index (κ1) is 17.0. The molecule has 1 aliphatic heterocycles. The van der Waals surface area contributed by atoms with Gasteiger partial charge in [0, 0.05) is 25.7 Å². The second-order valence-corrected chi connectivity index (χ2v) is 5.99. The Balaban J connectivity index is 1.56. The number of aromatic nitrogens is 1. The minimum absolute atomic E-state index is 0.118. The zero-order chi connectivity index (χ0) is 17.6. The predicted molar refractivity (Wildman–Crippen MR) is 94.2 cm³/mol. The number of amides is 2. The summed E-state index contributed by atoms with van der Waals surface area (Å²) in [6, 6.07) is 11.1. The lowest BCUT2D eigenvalue weighted by Gasteiger charge is -2.17. The summed E-state index contributed by atoms with van der Waals surface area (Å²) in [5.41, 5.74) is 1.63. The summed E-state index contributed by atoms with van der Waals surface area (Å²) in [4.78, 5) is 29.9. The van der Waals surface area contributed by atoms with Gasteiger partial charge in [0.1, 0.15) is 5.75 Å². The van der Waals surface area contributed by atoms with Crippen LogP contribution < -0.4 is 15.0 Å². The lowest BCUT2D eigenvalue weighted by Crippen LogP contribution is -2.36. The summed E-state index contributed by atoms with van der Waals surface area (Å²) in [5, 5.41) is 2.84. The molecule has 0 radical (unpaired) electrons. The molecule has 0 bridgehead atoms. The van der Waals surface area contributed by atoms with Crippen LogP contribution in [0.3, 0.4) is 0 Å². The zero-order valence-electron chi connectivity index (χ0n) is 14.1. The van der Waals surface area contributed by atoms with Gasteiger partial charge < -0.3 is 15.0 Å². The van der Waals surface area contributed by atoms with E-state index in [4.69, 9.17) is 4.74 Å². The lowest BCUT2D eigenvalue weighted by atomic mass is 10.2. The van der Waals surface area contributed by atoms with Gasteiger partial charge in [-0.15, -0.1) is 0 Å². The number of nitrogens with one attached hydrogen (secondary N) is 1. The van der Waals surface area contributed by atoms with Crippen LogP contribution in [0.1, 0.15) is 25.3 Å². The van der Waals surface area contributed by atoms with Gasteiger partial charge in [0.2, 0.25) is 5.91 Å². The maximum absolute atomic E-state index is 12.2. The maximum Gasteiger partial charge on any atom is 0.261 e. The van der Waals surface area contributed by atoms with Gasteiger partial charge in [0.15, 0.2) is 6.10 Å². The Bertz CT molecular complexity index is 749. The van der Waals surface area contributed by atoms with Crippen LogP contribution in [0.15, 0.2) is 48.8 Å². The van der Waals surface area contributed by atoms with Crippen LogP contribution in [-0.4, -0.2) is 29.4 Å². The van der Waals surface area contributed by atoms with E-state index in [-0.39, 0.29) is 11.8 Å². The molecule has 6 nitrogen and oxygen atoms in total. The second-order valence-electron chi connectivity index (χ2n) is 5.99. The summed E-state index contributed by atoms with van der Waals surface area (Å²) >= 11 is 0. The number of nitrogens with zero attached hydrogens (tertiary/aromatic N) is 2. The first-order chi connectivity index (χ1) is 12.1. The van der Waals surface area contributed by atoms with Crippen molar-refractivity contribution in [2.75, 3.05) is 11.4 Å². The van der Waals surface area contributed by atoms with Crippen LogP contribution in [-0.2, 0) is 16.1 Å². The van der Waals surface area contributed by atoms with Crippen molar-refractivity contribution >= 4 is 17.5 Å². The third-order valence-corrected chi connectivity index (χ3v) is 4.06. The minimum atomic E-state index is -0.598. The van der Waals surface area contributed by atoms with Gasteiger partial charge in [0.25, 0.3) is 5.91 Å². The van der Waals surface area contributed by atoms with E-state index in [1.54, 1.807) is 24.2 Å². The summed E-state index contributed by atoms with van der Waals surface area (Å²) in [5.74, 6) is 0.570. The van der Waals surface area contributed by atoms with Crippen LogP contribution in [0, 0.1) is 0 Å². The zero-order valence-corrected chi connectivity index (χ0v) is 14.1. The number of hydrogen-bond acceptors (Lipinski definition) is 4. The smallest absolute Gasteiger partial charge is 0.261 e. The normalized spacial score (nSPS) is 15.1. The number of carbonyl (C=O) groups is 2. The van der Waals surface area contributed by atoms with Crippen molar-refractivity contribution in [2.24, 2.45) is 0 Å². The fourth-order valence-corrected chi connectivity index (χ4v) is 2.73. The first-order valence-corrected chi connectivity index (χ1v) is 8.37. The van der Waals surface area contributed by atoms with Crippen molar-refractivity contribution in [2.45, 2.75) is 32.4 Å². The van der Waals surface area contributed by atoms with Crippen LogP contribution >= 0.6 is 0 Å². The van der Waals surface area contributed by atoms with E-state index in [2.05, 4.69) is 10.3 Å². The van der Waals surface area contributed by atoms with Crippen LogP contribution in [0.2, 0.25) is 0 Å². The topological polar surface area (TPSA) is 71.5 Å². The molecule has 25 heavy (non-hydrogen) atoms. The van der Waals surface area contributed by atoms with E-state index < -0.39 is 6.10 Å². The van der Waals surface area contributed by atoms with Crippen LogP contribution in [0.4, 0.5) is 5.69 Å². The molecule has 3 rings (SSSR count). The number of rotatable bonds is 6. The van der Waals surface area contributed by atoms with Gasteiger partial charge >= 0.3 is 0 Å². The summed E-state index contributed by atoms with van der Waals surface area (Å²) in [7, 11) is 0. The van der Waals surface area contributed by atoms with E-state index in [9.17, 15) is 9.59 Å². The predicted octanol–water partition coefficient (Wildman–Crippen LogP) is 2.29. The van der Waals surface area contributed by atoms with Crippen molar-refractivity contribution in [3.8, 4) is 5.75 Å². The molecule has 6 heteroatoms. The molecule has 2 aromatic rings. The van der Waals surface area contributed by atoms with Gasteiger partial charge in [0.05, 0.1) is 11.9 Å². The highest BCUT2D eigenvalue weighted by atomic mass is 16.5. The van der Waals surface area contributed by atoms with Crippen molar-refractivity contribution < 1.29 is 14.3 Å². The van der Waals surface area contributed by atoms with Gasteiger partial charge in [-0.3, -0.25) is 14.6 Å². The maximum atomic E-state index is 12.2. The number of hydrogen-bond donors (Lipinski definition) is 1. The number of anilines is 1. The number of pyridine rings is 1. The van der Waals surface area contributed by atoms with E-state index in [1.807, 2.05) is 36.4 Å². The highest BCUT2D eigenvalue weighted by Crippen LogP contribution is 2.21. The molecule has 1 fully saturated rings. The third-order valence-electron chi connectivity index (χ3n) is 4.06. The Kier molecular flexibility index (Phi) is 5.28. The van der Waals surface area contributed by atoms with Gasteiger partial charge in [-0.25, -0.2) is 0 Å². The molecule has 1 aliphatic rings. The monoisotopic (exact) mass is 339 g/mol. The third kappa shape index (κ3) is 4.35. The number of benzene rings is 1. The van der Waals surface area contributed by atoms with Gasteiger partial charge in [-0.2, -0.15) is 0 Å². The van der Waals surface area contributed by atoms with Gasteiger partial charge in [-0.1, -0.05) is 18.2 Å². The Morgan fingerprint density at radius 3 is 2.84 bits per heavy atom. The van der Waals surface area contributed by atoms with E-state index >= 15 is 0 Å². The van der Waals surface area contributed by atoms with Crippen molar-refractivity contribution in [1.82, 2.24) is 10.3 Å². The fraction of sp³-hybridized carbons (Fsp3) is 0.316. The Morgan fingerprint density at radius 2 is 2.12 bits per heavy atom. The van der Waals surface area contributed by atoms with E-state index in [0.717, 1.165) is 24.2 Å². The molecule has 2 heterocycles. The first-order valence-electron chi connectivity index (χ1n) is 8.37. The van der Waals surface area contributed by atoms with Crippen molar-refractivity contribution in [3.05, 3.63) is 54.4 Å². The van der Waals surface area contributed by atoms with E-state index in [1.165, 1.54) is 0 Å². The highest BCUT2D eigenvalue weighted by molar-refractivity contribution is 5.95. The molecule has 0 unspecified atom stereocenters. The Morgan fingerprint density at radius 1 is 1.32 bits per heavy atom. The Hall–Kier alpha value is -2.89. The summed E-state index contributed by atoms with van der Waals surface area (Å²) < 4.78 is 5.60. The van der Waals surface area contributed by atoms with Crippen molar-refractivity contribution in [3.63, 3.8) is 0 Å². The number of para-hydroxylation sites is 1. The van der Waals surface area contributed by atoms with E-state index in [0.29, 0.717) is 18.7 Å².